The van der Waals surface area contributed by atoms with Crippen LogP contribution in [0.25, 0.3) is 10.9 Å². The van der Waals surface area contributed by atoms with Gasteiger partial charge in [0.2, 0.25) is 53.2 Å². The van der Waals surface area contributed by atoms with E-state index < -0.39 is 138 Å². The number of thioether (sulfide) groups is 2. The lowest BCUT2D eigenvalue weighted by molar-refractivity contribution is -0.148. The van der Waals surface area contributed by atoms with Gasteiger partial charge < -0.3 is 68.2 Å². The molecule has 0 radical (unpaired) electrons. The van der Waals surface area contributed by atoms with Gasteiger partial charge in [-0.15, -0.1) is 0 Å². The van der Waals surface area contributed by atoms with Crippen LogP contribution in [0.3, 0.4) is 0 Å². The number of H-pyrrole nitrogens is 2. The van der Waals surface area contributed by atoms with Gasteiger partial charge in [-0.2, -0.15) is 23.5 Å². The van der Waals surface area contributed by atoms with Gasteiger partial charge in [0.05, 0.1) is 19.3 Å². The summed E-state index contributed by atoms with van der Waals surface area (Å²) in [6, 6.07) is 10.8. The van der Waals surface area contributed by atoms with E-state index in [1.165, 1.54) is 70.2 Å². The zero-order chi connectivity index (χ0) is 71.7. The molecule has 4 unspecified atom stereocenters. The second-order valence-corrected chi connectivity index (χ2v) is 29.4. The molecule has 101 heavy (non-hydrogen) atoms. The Labute approximate surface area is 592 Å². The maximum Gasteiger partial charge on any atom is 0.305 e. The first-order chi connectivity index (χ1) is 48.7. The van der Waals surface area contributed by atoms with Gasteiger partial charge in [0, 0.05) is 103 Å². The van der Waals surface area contributed by atoms with Crippen molar-refractivity contribution < 1.29 is 66.6 Å². The van der Waals surface area contributed by atoms with Crippen LogP contribution in [0.2, 0.25) is 0 Å². The number of hydrogen-bond acceptors (Lipinski definition) is 15. The highest BCUT2D eigenvalue weighted by molar-refractivity contribution is 7.98. The van der Waals surface area contributed by atoms with Crippen LogP contribution in [-0.2, 0) is 77.1 Å². The zero-order valence-electron chi connectivity index (χ0n) is 56.4. The average Bonchev–Trinajstić information content (AvgIpc) is 1.65. The lowest BCUT2D eigenvalue weighted by Crippen LogP contribution is -2.61. The highest BCUT2D eigenvalue weighted by atomic mass is 32.2. The molecule has 3 aromatic carbocycles. The molecule has 2 bridgehead atoms. The second kappa shape index (κ2) is 35.8. The number of nitrogens with two attached hydrogens (primary N) is 2. The fourth-order valence-corrected chi connectivity index (χ4v) is 17.1. The Morgan fingerprint density at radius 2 is 1.46 bits per heavy atom. The van der Waals surface area contributed by atoms with E-state index in [0.29, 0.717) is 96.5 Å². The predicted octanol–water partition coefficient (Wildman–Crippen LogP) is 4.52. The fraction of sp³-hybridized carbons (Fsp3) is 0.528. The third kappa shape index (κ3) is 20.1. The number of benzene rings is 3. The smallest absolute Gasteiger partial charge is 0.305 e. The lowest BCUT2D eigenvalue weighted by atomic mass is 9.75. The molecule has 4 fully saturated rings. The largest absolute Gasteiger partial charge is 0.481 e. The van der Waals surface area contributed by atoms with Crippen molar-refractivity contribution in [1.82, 2.24) is 56.7 Å². The molecule has 2 aliphatic carbocycles. The quantitative estimate of drug-likeness (QED) is 0.0681. The molecule has 9 amide bonds. The summed E-state index contributed by atoms with van der Waals surface area (Å²) in [4.78, 5) is 172. The summed E-state index contributed by atoms with van der Waals surface area (Å²) < 4.78 is 30.2. The number of carboxylic acids is 1. The summed E-state index contributed by atoms with van der Waals surface area (Å²) in [5.41, 5.74) is 15.6. The minimum absolute atomic E-state index is 0.00914. The summed E-state index contributed by atoms with van der Waals surface area (Å²) >= 11 is 2.90. The van der Waals surface area contributed by atoms with Crippen LogP contribution in [0.4, 0.5) is 8.78 Å². The number of aromatic nitrogens is 3. The number of nitrogens with one attached hydrogen (secondary N) is 8. The number of carboxylic acid groups (broad SMARTS) is 1. The number of nitrogens with zero attached hydrogens (tertiary/aromatic N) is 3. The van der Waals surface area contributed by atoms with Crippen LogP contribution in [0.5, 0.6) is 0 Å². The number of aliphatic carboxylic acids is 1. The number of imidazole rings is 1. The molecule has 2 aromatic heterocycles. The lowest BCUT2D eigenvalue weighted by Gasteiger charge is -2.35. The van der Waals surface area contributed by atoms with Gasteiger partial charge in [0.1, 0.15) is 60.1 Å². The number of fused-ring (bicyclic) bond motifs is 6. The van der Waals surface area contributed by atoms with E-state index in [2.05, 4.69) is 46.9 Å². The van der Waals surface area contributed by atoms with Gasteiger partial charge in [-0.3, -0.25) is 52.7 Å². The molecule has 5 heterocycles. The van der Waals surface area contributed by atoms with Crippen LogP contribution in [0.15, 0.2) is 91.5 Å². The van der Waals surface area contributed by atoms with Crippen molar-refractivity contribution in [2.24, 2.45) is 35.1 Å². The number of alkyl halides is 1. The predicted molar refractivity (Wildman–Crippen MR) is 375 cm³/mol. The molecule has 542 valence electrons. The number of ketones is 1. The van der Waals surface area contributed by atoms with Gasteiger partial charge in [-0.05, 0) is 135 Å². The van der Waals surface area contributed by atoms with Crippen LogP contribution < -0.4 is 43.4 Å². The second-order valence-electron chi connectivity index (χ2n) is 27.3. The van der Waals surface area contributed by atoms with Crippen LogP contribution in [0.1, 0.15) is 130 Å². The van der Waals surface area contributed by atoms with Gasteiger partial charge in [0.25, 0.3) is 0 Å². The van der Waals surface area contributed by atoms with Crippen molar-refractivity contribution >= 4 is 99.3 Å². The van der Waals surface area contributed by atoms with E-state index >= 15 is 28.4 Å². The Kier molecular flexibility index (Phi) is 26.5. The van der Waals surface area contributed by atoms with E-state index in [4.69, 9.17) is 11.5 Å². The van der Waals surface area contributed by atoms with Gasteiger partial charge >= 0.3 is 5.97 Å². The molecule has 2 saturated carbocycles. The maximum atomic E-state index is 15.6. The molecule has 5 aromatic rings. The Morgan fingerprint density at radius 3 is 2.21 bits per heavy atom. The third-order valence-electron chi connectivity index (χ3n) is 20.4. The van der Waals surface area contributed by atoms with E-state index in [1.54, 1.807) is 18.2 Å². The summed E-state index contributed by atoms with van der Waals surface area (Å²) in [7, 11) is 0. The highest BCUT2D eigenvalue weighted by Gasteiger charge is 2.50. The number of hydrogen-bond donors (Lipinski definition) is 11. The summed E-state index contributed by atoms with van der Waals surface area (Å²) in [6.07, 6.45) is 6.17. The average molecular weight is 1430 g/mol. The Balaban J connectivity index is 0.977. The first-order valence-corrected chi connectivity index (χ1v) is 37.3. The van der Waals surface area contributed by atoms with E-state index in [-0.39, 0.29) is 100 Å². The summed E-state index contributed by atoms with van der Waals surface area (Å²) in [5.74, 6) is -9.93. The molecule has 13 atom stereocenters. The number of amides is 9. The topological polar surface area (TPSA) is 383 Å². The van der Waals surface area contributed by atoms with Crippen molar-refractivity contribution in [2.75, 3.05) is 37.7 Å². The number of carbonyl (C=O) groups is 11. The summed E-state index contributed by atoms with van der Waals surface area (Å²) in [6.45, 7) is -0.197. The number of Topliss-reactive ketones (excluding diaryl/α,β-unsaturated/α-hetero) is 1. The monoisotopic (exact) mass is 1430 g/mol. The third-order valence-corrected chi connectivity index (χ3v) is 22.5. The van der Waals surface area contributed by atoms with Crippen molar-refractivity contribution in [2.45, 2.75) is 175 Å². The maximum absolute atomic E-state index is 15.6. The van der Waals surface area contributed by atoms with Gasteiger partial charge in [0.15, 0.2) is 0 Å². The molecule has 0 spiro atoms. The van der Waals surface area contributed by atoms with Crippen LogP contribution in [-0.4, -0.2) is 181 Å². The number of carbonyl (C=O) groups excluding carboxylic acids is 10. The SMILES string of the molecule is NCCCC[C@@H]1CC(=O)CCSCc2cccc(c2)CSC[C@@H](C(N)=O)NC(=O)[C@@H]2CCCN2C(=O)[C@@H]2[C@H](c3ccccc3)CCN2C(=O)[C@H](Cc2cnc[nH]2)NC(=O)[C@H](CC(=O)O)NC(=O)[C@H](CC2CCC3CCC(F)CC32)NC(=O)[C@H](Cc2c[nH]c3ccc(F)cc23)NC(=O)CNC1=O. The van der Waals surface area contributed by atoms with Crippen molar-refractivity contribution in [3.8, 4) is 0 Å². The molecule has 29 heteroatoms. The molecule has 5 aliphatic rings. The van der Waals surface area contributed by atoms with E-state index in [0.717, 1.165) is 11.1 Å². The number of unbranched alkanes of at least 4 members (excludes halogenated alkanes) is 1. The Bertz CT molecular complexity index is 3770. The fourth-order valence-electron chi connectivity index (χ4n) is 15.2. The van der Waals surface area contributed by atoms with Gasteiger partial charge in [-0.25, -0.2) is 13.8 Å². The van der Waals surface area contributed by atoms with Crippen molar-refractivity contribution in [3.05, 3.63) is 125 Å². The number of aromatic amines is 2. The standard InChI is InChI=1S/C72H91F2N13O12S2/c73-48-17-16-44-14-15-45(53(44)30-48)28-57-68(95)83-58(33-63(90)91)69(96)84-59(32-50-35-77-40-80-50)71(98)87-24-20-52(43-10-2-1-3-11-43)64(87)72(99)86-23-7-13-61(86)70(97)85-60(65(76)92)39-101-38-42-9-6-8-41(26-42)37-100-25-21-51(88)27-46(12-4-5-22-75)66(93)79-36-62(89)81-56(67(94)82-57)29-47-34-78-55-19-18-49(74)31-54(47)55/h1-3,6,8-11,18-19,26,31,34-35,40,44-46,48,52-53,56-61,64,78H,4-5,7,12-17,20-25,27-30,32-33,36-39,75H2,(H2,76,92)(H,77,80)(H,79,93)(H,81,89)(H,82,94)(H,83,95)(H,84,96)(H,85,97)(H,90,91)/t44?,45?,46-,48?,52+,53?,56+,57+,58+,59+,60+,61+,64+/m1/s1. The molecule has 10 rings (SSSR count). The molecular formula is C72H91F2N13O12S2. The van der Waals surface area contributed by atoms with E-state index in [9.17, 15) is 38.3 Å². The Hall–Kier alpha value is -8.70. The molecule has 2 saturated heterocycles. The first-order valence-electron chi connectivity index (χ1n) is 35.0. The zero-order valence-corrected chi connectivity index (χ0v) is 58.0. The molecule has 13 N–H and O–H groups in total. The minimum Gasteiger partial charge on any atom is -0.481 e. The molecule has 25 nitrogen and oxygen atoms in total. The van der Waals surface area contributed by atoms with Crippen molar-refractivity contribution in [1.29, 1.82) is 0 Å². The van der Waals surface area contributed by atoms with Gasteiger partial charge in [-0.1, -0.05) is 61.0 Å². The van der Waals surface area contributed by atoms with Crippen LogP contribution >= 0.6 is 23.5 Å². The molecule has 3 aliphatic heterocycles. The summed E-state index contributed by atoms with van der Waals surface area (Å²) in [5, 5.41) is 27.0. The minimum atomic E-state index is -1.93. The van der Waals surface area contributed by atoms with Crippen LogP contribution in [0, 0.1) is 29.5 Å². The number of primary amides is 1. The number of rotatable bonds is 14. The Morgan fingerprint density at radius 1 is 0.713 bits per heavy atom. The van der Waals surface area contributed by atoms with E-state index in [1.807, 2.05) is 36.4 Å². The normalized spacial score (nSPS) is 27.8. The van der Waals surface area contributed by atoms with Crippen molar-refractivity contribution in [3.63, 3.8) is 0 Å². The molecular weight excluding hydrogens is 1340 g/mol. The first kappa shape index (κ1) is 75.0. The highest BCUT2D eigenvalue weighted by Crippen LogP contribution is 2.48. The number of halogens is 2.